The van der Waals surface area contributed by atoms with E-state index in [0.717, 1.165) is 17.4 Å². The van der Waals surface area contributed by atoms with Crippen molar-refractivity contribution in [3.8, 4) is 0 Å². The van der Waals surface area contributed by atoms with E-state index in [9.17, 15) is 9.59 Å². The minimum Gasteiger partial charge on any atom is -0.316 e. The van der Waals surface area contributed by atoms with E-state index < -0.39 is 0 Å². The average Bonchev–Trinajstić information content (AvgIpc) is 2.83. The maximum atomic E-state index is 11.9. The minimum absolute atomic E-state index is 0.305. The van der Waals surface area contributed by atoms with Crippen LogP contribution in [0.15, 0.2) is 15.9 Å². The molecule has 0 aliphatic rings. The first-order valence-electron chi connectivity index (χ1n) is 6.00. The molecule has 0 atom stereocenters. The summed E-state index contributed by atoms with van der Waals surface area (Å²) >= 11 is 0. The Hall–Kier alpha value is -1.93. The summed E-state index contributed by atoms with van der Waals surface area (Å²) in [7, 11) is 3.08. The van der Waals surface area contributed by atoms with Gasteiger partial charge in [-0.15, -0.1) is 0 Å². The highest BCUT2D eigenvalue weighted by Gasteiger charge is 2.13. The largest absolute Gasteiger partial charge is 0.332 e. The molecule has 2 heterocycles. The second-order valence-electron chi connectivity index (χ2n) is 4.39. The first-order valence-corrected chi connectivity index (χ1v) is 6.00. The summed E-state index contributed by atoms with van der Waals surface area (Å²) < 4.78 is 4.29. The second kappa shape index (κ2) is 5.37. The van der Waals surface area contributed by atoms with Gasteiger partial charge in [0.2, 0.25) is 0 Å². The van der Waals surface area contributed by atoms with Crippen LogP contribution in [0.25, 0.3) is 11.2 Å². The molecule has 0 unspecified atom stereocenters. The number of hydrogen-bond acceptors (Lipinski definition) is 5. The summed E-state index contributed by atoms with van der Waals surface area (Å²) in [5.74, 6) is 4.95. The molecule has 2 aromatic heterocycles. The van der Waals surface area contributed by atoms with Crippen LogP contribution in [0.3, 0.4) is 0 Å². The first kappa shape index (κ1) is 13.5. The van der Waals surface area contributed by atoms with Crippen molar-refractivity contribution in [3.63, 3.8) is 0 Å². The third kappa shape index (κ3) is 2.32. The van der Waals surface area contributed by atoms with Gasteiger partial charge in [-0.2, -0.15) is 0 Å². The fraction of sp³-hybridized carbons (Fsp3) is 0.545. The highest BCUT2D eigenvalue weighted by Crippen LogP contribution is 2.07. The van der Waals surface area contributed by atoms with Gasteiger partial charge in [0.1, 0.15) is 5.65 Å². The fourth-order valence-corrected chi connectivity index (χ4v) is 2.07. The van der Waals surface area contributed by atoms with Gasteiger partial charge in [0.15, 0.2) is 5.52 Å². The van der Waals surface area contributed by atoms with Gasteiger partial charge >= 0.3 is 5.69 Å². The maximum absolute atomic E-state index is 11.9. The van der Waals surface area contributed by atoms with Crippen LogP contribution in [0.1, 0.15) is 12.8 Å². The lowest BCUT2D eigenvalue weighted by atomic mass is 10.3. The molecule has 0 radical (unpaired) electrons. The van der Waals surface area contributed by atoms with Crippen LogP contribution in [0.2, 0.25) is 0 Å². The molecule has 0 bridgehead atoms. The summed E-state index contributed by atoms with van der Waals surface area (Å²) in [5.41, 5.74) is 0.119. The van der Waals surface area contributed by atoms with Crippen LogP contribution >= 0.6 is 0 Å². The molecule has 0 fully saturated rings. The number of hydrogen-bond donors (Lipinski definition) is 1. The van der Waals surface area contributed by atoms with E-state index in [2.05, 4.69) is 9.82 Å². The molecule has 8 nitrogen and oxygen atoms in total. The van der Waals surface area contributed by atoms with Gasteiger partial charge in [-0.05, 0) is 12.8 Å². The van der Waals surface area contributed by atoms with E-state index in [0.29, 0.717) is 24.3 Å². The first-order chi connectivity index (χ1) is 9.07. The van der Waals surface area contributed by atoms with Crippen molar-refractivity contribution in [3.05, 3.63) is 27.2 Å². The molecule has 0 aliphatic carbocycles. The molecule has 0 aliphatic heterocycles. The average molecular weight is 267 g/mol. The Labute approximate surface area is 109 Å². The third-order valence-corrected chi connectivity index (χ3v) is 3.12. The number of unbranched alkanes of at least 4 members (excludes halogenated alkanes) is 1. The van der Waals surface area contributed by atoms with Crippen LogP contribution < -0.4 is 17.1 Å². The standard InChI is InChI=1S/C11H17N5O3/c1-14-9-8(10(17)15(2)11(14)18)13-7-16(9)5-3-4-6-19-12/h7H,3-6,12H2,1-2H3. The molecule has 104 valence electrons. The predicted octanol–water partition coefficient (Wildman–Crippen LogP) is -0.896. The summed E-state index contributed by atoms with van der Waals surface area (Å²) in [5, 5.41) is 0. The molecule has 8 heteroatoms. The Balaban J connectivity index is 2.43. The zero-order valence-electron chi connectivity index (χ0n) is 11.0. The summed E-state index contributed by atoms with van der Waals surface area (Å²) in [6.45, 7) is 1.13. The molecule has 0 saturated heterocycles. The van der Waals surface area contributed by atoms with Crippen LogP contribution in [0.5, 0.6) is 0 Å². The molecule has 0 amide bonds. The molecular weight excluding hydrogens is 250 g/mol. The highest BCUT2D eigenvalue weighted by molar-refractivity contribution is 5.69. The fourth-order valence-electron chi connectivity index (χ4n) is 2.07. The highest BCUT2D eigenvalue weighted by atomic mass is 16.6. The lowest BCUT2D eigenvalue weighted by molar-refractivity contribution is 0.133. The van der Waals surface area contributed by atoms with E-state index in [1.165, 1.54) is 11.6 Å². The maximum Gasteiger partial charge on any atom is 0.332 e. The van der Waals surface area contributed by atoms with Gasteiger partial charge < -0.3 is 9.40 Å². The van der Waals surface area contributed by atoms with Crippen LogP contribution in [0, 0.1) is 0 Å². The van der Waals surface area contributed by atoms with Crippen molar-refractivity contribution in [2.75, 3.05) is 6.61 Å². The van der Waals surface area contributed by atoms with Crippen molar-refractivity contribution >= 4 is 11.2 Å². The zero-order valence-corrected chi connectivity index (χ0v) is 11.0. The molecule has 0 spiro atoms. The summed E-state index contributed by atoms with van der Waals surface area (Å²) in [6, 6.07) is 0. The van der Waals surface area contributed by atoms with Gasteiger partial charge in [0.05, 0.1) is 12.9 Å². The Kier molecular flexibility index (Phi) is 3.82. The number of nitrogens with two attached hydrogens (primary N) is 1. The Morgan fingerprint density at radius 3 is 2.68 bits per heavy atom. The second-order valence-corrected chi connectivity index (χ2v) is 4.39. The quantitative estimate of drug-likeness (QED) is 0.559. The molecular formula is C11H17N5O3. The molecule has 0 saturated carbocycles. The Morgan fingerprint density at radius 2 is 2.00 bits per heavy atom. The molecule has 2 aromatic rings. The number of rotatable bonds is 5. The smallest absolute Gasteiger partial charge is 0.316 e. The van der Waals surface area contributed by atoms with E-state index in [-0.39, 0.29) is 11.2 Å². The monoisotopic (exact) mass is 267 g/mol. The zero-order chi connectivity index (χ0) is 14.0. The molecule has 2 rings (SSSR count). The van der Waals surface area contributed by atoms with Gasteiger partial charge in [-0.25, -0.2) is 15.7 Å². The van der Waals surface area contributed by atoms with Crippen molar-refractivity contribution in [2.24, 2.45) is 20.0 Å². The van der Waals surface area contributed by atoms with Crippen molar-refractivity contribution in [1.29, 1.82) is 0 Å². The third-order valence-electron chi connectivity index (χ3n) is 3.12. The number of nitrogens with zero attached hydrogens (tertiary/aromatic N) is 4. The van der Waals surface area contributed by atoms with E-state index in [1.807, 2.05) is 0 Å². The normalized spacial score (nSPS) is 11.3. The number of fused-ring (bicyclic) bond motifs is 1. The van der Waals surface area contributed by atoms with E-state index >= 15 is 0 Å². The van der Waals surface area contributed by atoms with Gasteiger partial charge in [0, 0.05) is 20.6 Å². The topological polar surface area (TPSA) is 97.1 Å². The summed E-state index contributed by atoms with van der Waals surface area (Å²) in [6.07, 6.45) is 3.20. The van der Waals surface area contributed by atoms with Gasteiger partial charge in [-0.3, -0.25) is 13.9 Å². The summed E-state index contributed by atoms with van der Waals surface area (Å²) in [4.78, 5) is 32.4. The van der Waals surface area contributed by atoms with E-state index in [4.69, 9.17) is 5.90 Å². The van der Waals surface area contributed by atoms with Gasteiger partial charge in [0.25, 0.3) is 5.56 Å². The van der Waals surface area contributed by atoms with Crippen LogP contribution in [0.4, 0.5) is 0 Å². The lowest BCUT2D eigenvalue weighted by Crippen LogP contribution is -2.37. The van der Waals surface area contributed by atoms with Crippen molar-refractivity contribution in [2.45, 2.75) is 19.4 Å². The SMILES string of the molecule is Cn1c(=O)c2ncn(CCCCON)c2n(C)c1=O. The minimum atomic E-state index is -0.373. The van der Waals surface area contributed by atoms with Crippen LogP contribution in [-0.4, -0.2) is 25.3 Å². The Bertz CT molecular complexity index is 697. The lowest BCUT2D eigenvalue weighted by Gasteiger charge is -2.08. The number of aromatic nitrogens is 4. The van der Waals surface area contributed by atoms with Crippen LogP contribution in [-0.2, 0) is 25.5 Å². The predicted molar refractivity (Wildman–Crippen MR) is 69.6 cm³/mol. The Morgan fingerprint density at radius 1 is 1.26 bits per heavy atom. The van der Waals surface area contributed by atoms with E-state index in [1.54, 1.807) is 17.9 Å². The molecule has 19 heavy (non-hydrogen) atoms. The van der Waals surface area contributed by atoms with Crippen molar-refractivity contribution < 1.29 is 4.84 Å². The van der Waals surface area contributed by atoms with Crippen molar-refractivity contribution in [1.82, 2.24) is 18.7 Å². The number of imidazole rings is 1. The molecule has 2 N–H and O–H groups in total. The van der Waals surface area contributed by atoms with Gasteiger partial charge in [-0.1, -0.05) is 0 Å². The molecule has 0 aromatic carbocycles. The number of aryl methyl sites for hydroxylation is 2.